The molecule has 3 amide bonds. The molecule has 1 aromatic carbocycles. The van der Waals surface area contributed by atoms with Gasteiger partial charge in [-0.15, -0.1) is 0 Å². The van der Waals surface area contributed by atoms with Crippen molar-refractivity contribution in [2.75, 3.05) is 38.3 Å². The molecule has 1 fully saturated rings. The number of aliphatic imine (C=N–C) groups is 1. The number of likely N-dealkylation sites (N-methyl/N-ethyl adjacent to an activating group) is 1. The lowest BCUT2D eigenvalue weighted by molar-refractivity contribution is -0.137. The molecule has 3 aliphatic rings. The first kappa shape index (κ1) is 21.2. The fourth-order valence-electron chi connectivity index (χ4n) is 4.33. The fourth-order valence-corrected chi connectivity index (χ4v) is 4.33. The molecule has 9 heteroatoms. The second-order valence-corrected chi connectivity index (χ2v) is 7.64. The zero-order valence-electron chi connectivity index (χ0n) is 18.7. The van der Waals surface area contributed by atoms with Gasteiger partial charge in [0, 0.05) is 25.0 Å². The van der Waals surface area contributed by atoms with E-state index in [1.54, 1.807) is 11.9 Å². The lowest BCUT2D eigenvalue weighted by Gasteiger charge is -2.40. The van der Waals surface area contributed by atoms with Crippen LogP contribution < -0.4 is 9.64 Å². The van der Waals surface area contributed by atoms with Gasteiger partial charge in [0.25, 0.3) is 5.91 Å². The van der Waals surface area contributed by atoms with Crippen molar-refractivity contribution in [3.05, 3.63) is 35.7 Å². The molecule has 3 aliphatic heterocycles. The summed E-state index contributed by atoms with van der Waals surface area (Å²) in [4.78, 5) is 37.9. The van der Waals surface area contributed by atoms with E-state index in [-0.39, 0.29) is 18.5 Å². The average molecular weight is 428 g/mol. The highest BCUT2D eigenvalue weighted by atomic mass is 16.5. The molecular weight excluding hydrogens is 398 g/mol. The van der Waals surface area contributed by atoms with Crippen molar-refractivity contribution in [3.63, 3.8) is 0 Å². The zero-order chi connectivity index (χ0) is 22.3. The number of rotatable bonds is 7. The number of allylic oxidation sites excluding steroid dienone is 2. The molecule has 1 saturated heterocycles. The number of anilines is 1. The molecule has 0 aliphatic carbocycles. The first-order chi connectivity index (χ1) is 14.9. The van der Waals surface area contributed by atoms with E-state index < -0.39 is 12.2 Å². The minimum Gasteiger partial charge on any atom is -0.492 e. The summed E-state index contributed by atoms with van der Waals surface area (Å²) in [6.45, 7) is 9.42. The molecule has 4 rings (SSSR count). The summed E-state index contributed by atoms with van der Waals surface area (Å²) in [5, 5.41) is 0. The van der Waals surface area contributed by atoms with Crippen LogP contribution in [0.25, 0.3) is 0 Å². The number of ether oxygens (including phenoxy) is 2. The maximum Gasteiger partial charge on any atom is 0.328 e. The first-order valence-electron chi connectivity index (χ1n) is 10.6. The van der Waals surface area contributed by atoms with Crippen molar-refractivity contribution in [2.24, 2.45) is 4.99 Å². The summed E-state index contributed by atoms with van der Waals surface area (Å²) < 4.78 is 11.2. The van der Waals surface area contributed by atoms with E-state index in [1.165, 1.54) is 4.90 Å². The SMILES string of the molecule is CCOCCN1C(=O)C2C(N=C3N(c4ccccc4OCC)C(C)=C(C)N32)N(C)C1=O. The largest absolute Gasteiger partial charge is 0.492 e. The zero-order valence-corrected chi connectivity index (χ0v) is 18.7. The number of guanidine groups is 1. The Morgan fingerprint density at radius 1 is 1.06 bits per heavy atom. The van der Waals surface area contributed by atoms with Crippen molar-refractivity contribution in [1.29, 1.82) is 0 Å². The molecule has 166 valence electrons. The minimum absolute atomic E-state index is 0.223. The third-order valence-corrected chi connectivity index (χ3v) is 5.96. The number of nitrogens with zero attached hydrogens (tertiary/aromatic N) is 5. The third-order valence-electron chi connectivity index (χ3n) is 5.96. The Balaban J connectivity index is 1.71. The Morgan fingerprint density at radius 2 is 1.81 bits per heavy atom. The van der Waals surface area contributed by atoms with E-state index in [0.717, 1.165) is 22.8 Å². The van der Waals surface area contributed by atoms with Crippen LogP contribution in [0.15, 0.2) is 40.7 Å². The predicted molar refractivity (Wildman–Crippen MR) is 117 cm³/mol. The van der Waals surface area contributed by atoms with Gasteiger partial charge in [-0.25, -0.2) is 9.79 Å². The Kier molecular flexibility index (Phi) is 5.62. The van der Waals surface area contributed by atoms with E-state index in [9.17, 15) is 9.59 Å². The van der Waals surface area contributed by atoms with E-state index in [0.29, 0.717) is 25.8 Å². The van der Waals surface area contributed by atoms with Crippen molar-refractivity contribution in [2.45, 2.75) is 39.9 Å². The highest BCUT2D eigenvalue weighted by Gasteiger charge is 2.56. The Labute approximate surface area is 182 Å². The van der Waals surface area contributed by atoms with Crippen LogP contribution in [0.3, 0.4) is 0 Å². The van der Waals surface area contributed by atoms with Crippen LogP contribution in [-0.4, -0.2) is 78.2 Å². The van der Waals surface area contributed by atoms with Crippen LogP contribution in [0.5, 0.6) is 5.75 Å². The van der Waals surface area contributed by atoms with Gasteiger partial charge < -0.3 is 14.4 Å². The molecule has 0 N–H and O–H groups in total. The molecule has 0 radical (unpaired) electrons. The molecule has 3 heterocycles. The highest BCUT2D eigenvalue weighted by molar-refractivity contribution is 6.11. The Bertz CT molecular complexity index is 959. The van der Waals surface area contributed by atoms with Gasteiger partial charge in [-0.3, -0.25) is 19.5 Å². The summed E-state index contributed by atoms with van der Waals surface area (Å²) in [5.41, 5.74) is 2.76. The maximum absolute atomic E-state index is 13.4. The predicted octanol–water partition coefficient (Wildman–Crippen LogP) is 2.45. The van der Waals surface area contributed by atoms with Gasteiger partial charge in [-0.05, 0) is 39.8 Å². The van der Waals surface area contributed by atoms with Gasteiger partial charge in [-0.2, -0.15) is 0 Å². The molecule has 31 heavy (non-hydrogen) atoms. The minimum atomic E-state index is -0.599. The van der Waals surface area contributed by atoms with Gasteiger partial charge in [0.05, 0.1) is 25.4 Å². The summed E-state index contributed by atoms with van der Waals surface area (Å²) in [6.07, 6.45) is -0.580. The highest BCUT2D eigenvalue weighted by Crippen LogP contribution is 2.42. The standard InChI is InChI=1S/C22H29N5O4/c1-6-30-13-12-25-20(28)18-19(24(5)22(25)29)23-21-26(14(3)15(4)27(18)21)16-10-8-9-11-17(16)31-7-2/h8-11,18-19H,6-7,12-13H2,1-5H3. The van der Waals surface area contributed by atoms with Gasteiger partial charge in [0.15, 0.2) is 12.2 Å². The quantitative estimate of drug-likeness (QED) is 0.622. The second-order valence-electron chi connectivity index (χ2n) is 7.64. The fraction of sp³-hybridized carbons (Fsp3) is 0.500. The number of carbonyl (C=O) groups excluding carboxylic acids is 2. The number of hydrogen-bond donors (Lipinski definition) is 0. The summed E-state index contributed by atoms with van der Waals surface area (Å²) >= 11 is 0. The molecular formula is C22H29N5O4. The van der Waals surface area contributed by atoms with Crippen molar-refractivity contribution in [3.8, 4) is 5.75 Å². The van der Waals surface area contributed by atoms with Gasteiger partial charge >= 0.3 is 6.03 Å². The van der Waals surface area contributed by atoms with Gasteiger partial charge in [0.2, 0.25) is 5.96 Å². The van der Waals surface area contributed by atoms with Crippen LogP contribution in [0.1, 0.15) is 27.7 Å². The molecule has 0 bridgehead atoms. The Hall–Kier alpha value is -3.07. The van der Waals surface area contributed by atoms with E-state index in [4.69, 9.17) is 14.5 Å². The summed E-state index contributed by atoms with van der Waals surface area (Å²) in [5.74, 6) is 1.13. The van der Waals surface area contributed by atoms with E-state index in [2.05, 4.69) is 0 Å². The number of imide groups is 1. The van der Waals surface area contributed by atoms with E-state index >= 15 is 0 Å². The van der Waals surface area contributed by atoms with Gasteiger partial charge in [-0.1, -0.05) is 12.1 Å². The summed E-state index contributed by atoms with van der Waals surface area (Å²) in [6, 6.07) is 6.82. The number of para-hydroxylation sites is 2. The lowest BCUT2D eigenvalue weighted by atomic mass is 10.1. The molecule has 2 unspecified atom stereocenters. The number of fused-ring (bicyclic) bond motifs is 3. The number of urea groups is 1. The lowest BCUT2D eigenvalue weighted by Crippen LogP contribution is -2.65. The topological polar surface area (TPSA) is 77.9 Å². The number of amides is 3. The molecule has 9 nitrogen and oxygen atoms in total. The van der Waals surface area contributed by atoms with Gasteiger partial charge in [0.1, 0.15) is 5.75 Å². The van der Waals surface area contributed by atoms with Crippen molar-refractivity contribution in [1.82, 2.24) is 14.7 Å². The smallest absolute Gasteiger partial charge is 0.328 e. The molecule has 1 aromatic rings. The van der Waals surface area contributed by atoms with Crippen LogP contribution in [-0.2, 0) is 9.53 Å². The molecule has 0 spiro atoms. The van der Waals surface area contributed by atoms with E-state index in [1.807, 2.05) is 61.8 Å². The van der Waals surface area contributed by atoms with Crippen molar-refractivity contribution < 1.29 is 19.1 Å². The van der Waals surface area contributed by atoms with Crippen LogP contribution in [0.4, 0.5) is 10.5 Å². The molecule has 2 atom stereocenters. The summed E-state index contributed by atoms with van der Waals surface area (Å²) in [7, 11) is 1.69. The maximum atomic E-state index is 13.4. The van der Waals surface area contributed by atoms with Crippen LogP contribution >= 0.6 is 0 Å². The average Bonchev–Trinajstić information content (AvgIpc) is 3.26. The third kappa shape index (κ3) is 3.23. The first-order valence-corrected chi connectivity index (χ1v) is 10.6. The normalized spacial score (nSPS) is 22.9. The molecule has 0 aromatic heterocycles. The number of benzene rings is 1. The van der Waals surface area contributed by atoms with Crippen molar-refractivity contribution >= 4 is 23.6 Å². The number of carbonyl (C=O) groups is 2. The monoisotopic (exact) mass is 427 g/mol. The molecule has 0 saturated carbocycles. The second kappa shape index (κ2) is 8.22. The van der Waals surface area contributed by atoms with Crippen LogP contribution in [0, 0.1) is 0 Å². The van der Waals surface area contributed by atoms with Crippen LogP contribution in [0.2, 0.25) is 0 Å². The Morgan fingerprint density at radius 3 is 2.52 bits per heavy atom. The number of hydrogen-bond acceptors (Lipinski definition) is 7.